The molecule has 0 bridgehead atoms. The van der Waals surface area contributed by atoms with E-state index in [1.54, 1.807) is 7.11 Å². The molecule has 0 unspecified atom stereocenters. The largest absolute Gasteiger partial charge is 0.497 e. The lowest BCUT2D eigenvalue weighted by atomic mass is 10.1. The van der Waals surface area contributed by atoms with Gasteiger partial charge in [-0.1, -0.05) is 12.1 Å². The van der Waals surface area contributed by atoms with E-state index >= 15 is 0 Å². The summed E-state index contributed by atoms with van der Waals surface area (Å²) in [4.78, 5) is 10.9. The fraction of sp³-hybridized carbons (Fsp3) is 0.462. The van der Waals surface area contributed by atoms with Gasteiger partial charge >= 0.3 is 6.09 Å². The van der Waals surface area contributed by atoms with Crippen LogP contribution in [0.25, 0.3) is 0 Å². The first-order valence-electron chi connectivity index (χ1n) is 6.01. The molecule has 1 aliphatic heterocycles. The van der Waals surface area contributed by atoms with Gasteiger partial charge in [-0.05, 0) is 24.6 Å². The van der Waals surface area contributed by atoms with E-state index in [0.717, 1.165) is 11.3 Å². The molecule has 1 aromatic rings. The lowest BCUT2D eigenvalue weighted by Gasteiger charge is -2.17. The van der Waals surface area contributed by atoms with Crippen molar-refractivity contribution in [2.75, 3.05) is 20.2 Å². The number of benzene rings is 1. The van der Waals surface area contributed by atoms with Crippen molar-refractivity contribution in [3.63, 3.8) is 0 Å². The van der Waals surface area contributed by atoms with Crippen LogP contribution in [0.4, 0.5) is 4.79 Å². The highest BCUT2D eigenvalue weighted by Gasteiger charge is 2.22. The fourth-order valence-electron chi connectivity index (χ4n) is 1.88. The molecule has 2 rings (SSSR count). The summed E-state index contributed by atoms with van der Waals surface area (Å²) in [5.74, 6) is 0.843. The van der Waals surface area contributed by atoms with E-state index in [9.17, 15) is 4.79 Å². The van der Waals surface area contributed by atoms with Gasteiger partial charge < -0.3 is 20.1 Å². The zero-order valence-electron chi connectivity index (χ0n) is 10.6. The number of carbonyl (C=O) groups is 1. The third kappa shape index (κ3) is 3.13. The van der Waals surface area contributed by atoms with E-state index in [-0.39, 0.29) is 18.2 Å². The van der Waals surface area contributed by atoms with E-state index < -0.39 is 0 Å². The highest BCUT2D eigenvalue weighted by atomic mass is 16.6. The molecule has 1 aliphatic rings. The molecule has 5 heteroatoms. The van der Waals surface area contributed by atoms with Crippen LogP contribution in [0.2, 0.25) is 0 Å². The summed E-state index contributed by atoms with van der Waals surface area (Å²) in [6.07, 6.45) is -0.429. The maximum Gasteiger partial charge on any atom is 0.407 e. The summed E-state index contributed by atoms with van der Waals surface area (Å²) in [5, 5.41) is 5.97. The second kappa shape index (κ2) is 5.73. The average molecular weight is 250 g/mol. The van der Waals surface area contributed by atoms with Crippen molar-refractivity contribution in [2.24, 2.45) is 0 Å². The van der Waals surface area contributed by atoms with Crippen LogP contribution in [-0.2, 0) is 4.74 Å². The molecule has 0 radical (unpaired) electrons. The first-order valence-corrected chi connectivity index (χ1v) is 6.01. The van der Waals surface area contributed by atoms with Gasteiger partial charge in [0.25, 0.3) is 0 Å². The lowest BCUT2D eigenvalue weighted by molar-refractivity contribution is 0.138. The molecule has 1 amide bonds. The molecule has 0 spiro atoms. The summed E-state index contributed by atoms with van der Waals surface area (Å²) >= 11 is 0. The average Bonchev–Trinajstić information content (AvgIpc) is 2.82. The van der Waals surface area contributed by atoms with Crippen LogP contribution in [0.3, 0.4) is 0 Å². The minimum absolute atomic E-state index is 0.0921. The molecule has 2 atom stereocenters. The van der Waals surface area contributed by atoms with Crippen LogP contribution in [0.5, 0.6) is 5.75 Å². The molecule has 18 heavy (non-hydrogen) atoms. The number of methoxy groups -OCH3 is 1. The van der Waals surface area contributed by atoms with E-state index in [1.165, 1.54) is 0 Å². The molecule has 5 nitrogen and oxygen atoms in total. The minimum Gasteiger partial charge on any atom is -0.497 e. The first-order chi connectivity index (χ1) is 8.69. The van der Waals surface area contributed by atoms with E-state index in [0.29, 0.717) is 13.1 Å². The Morgan fingerprint density at radius 2 is 2.44 bits per heavy atom. The second-order valence-corrected chi connectivity index (χ2v) is 4.31. The predicted octanol–water partition coefficient (Wildman–Crippen LogP) is 1.45. The zero-order chi connectivity index (χ0) is 13.0. The molecule has 0 aromatic heterocycles. The number of alkyl carbamates (subject to hydrolysis) is 1. The number of cyclic esters (lactones) is 1. The molecular weight excluding hydrogens is 232 g/mol. The highest BCUT2D eigenvalue weighted by Crippen LogP contribution is 2.18. The Balaban J connectivity index is 1.86. The van der Waals surface area contributed by atoms with Crippen molar-refractivity contribution in [3.8, 4) is 5.75 Å². The fourth-order valence-corrected chi connectivity index (χ4v) is 1.88. The van der Waals surface area contributed by atoms with Gasteiger partial charge in [-0.2, -0.15) is 0 Å². The van der Waals surface area contributed by atoms with Gasteiger partial charge in [-0.15, -0.1) is 0 Å². The third-order valence-corrected chi connectivity index (χ3v) is 2.99. The van der Waals surface area contributed by atoms with Gasteiger partial charge in [0.2, 0.25) is 0 Å². The molecule has 2 N–H and O–H groups in total. The van der Waals surface area contributed by atoms with Crippen LogP contribution in [-0.4, -0.2) is 32.4 Å². The van der Waals surface area contributed by atoms with E-state index in [1.807, 2.05) is 24.3 Å². The monoisotopic (exact) mass is 250 g/mol. The Morgan fingerprint density at radius 1 is 1.61 bits per heavy atom. The Kier molecular flexibility index (Phi) is 4.04. The number of nitrogens with one attached hydrogen (secondary N) is 2. The van der Waals surface area contributed by atoms with Gasteiger partial charge in [0, 0.05) is 12.6 Å². The Morgan fingerprint density at radius 3 is 3.11 bits per heavy atom. The number of hydrogen-bond donors (Lipinski definition) is 2. The Bertz CT molecular complexity index is 422. The number of amides is 1. The number of hydrogen-bond acceptors (Lipinski definition) is 4. The van der Waals surface area contributed by atoms with Crippen molar-refractivity contribution in [2.45, 2.75) is 19.1 Å². The Labute approximate surface area is 106 Å². The third-order valence-electron chi connectivity index (χ3n) is 2.99. The highest BCUT2D eigenvalue weighted by molar-refractivity contribution is 5.69. The van der Waals surface area contributed by atoms with Crippen molar-refractivity contribution < 1.29 is 14.3 Å². The lowest BCUT2D eigenvalue weighted by Crippen LogP contribution is -2.31. The molecule has 0 saturated carbocycles. The molecule has 1 aromatic carbocycles. The van der Waals surface area contributed by atoms with Gasteiger partial charge in [0.05, 0.1) is 13.7 Å². The van der Waals surface area contributed by atoms with Crippen molar-refractivity contribution in [1.29, 1.82) is 0 Å². The summed E-state index contributed by atoms with van der Waals surface area (Å²) in [7, 11) is 1.65. The molecular formula is C13H18N2O3. The molecule has 98 valence electrons. The van der Waals surface area contributed by atoms with Gasteiger partial charge in [0.15, 0.2) is 0 Å². The van der Waals surface area contributed by atoms with Crippen LogP contribution in [0, 0.1) is 0 Å². The summed E-state index contributed by atoms with van der Waals surface area (Å²) in [6.45, 7) is 3.27. The summed E-state index contributed by atoms with van der Waals surface area (Å²) in [6, 6.07) is 8.09. The van der Waals surface area contributed by atoms with Gasteiger partial charge in [0.1, 0.15) is 11.9 Å². The SMILES string of the molecule is COc1cccc([C@H](C)NC[C@H]2CNC(=O)O2)c1. The summed E-state index contributed by atoms with van der Waals surface area (Å²) in [5.41, 5.74) is 1.15. The standard InChI is InChI=1S/C13H18N2O3/c1-9(10-4-3-5-11(6-10)17-2)14-7-12-8-15-13(16)18-12/h3-6,9,12,14H,7-8H2,1-2H3,(H,15,16)/t9-,12-/m0/s1. The maximum atomic E-state index is 10.9. The smallest absolute Gasteiger partial charge is 0.407 e. The molecule has 1 saturated heterocycles. The van der Waals surface area contributed by atoms with Gasteiger partial charge in [-0.3, -0.25) is 0 Å². The van der Waals surface area contributed by atoms with Crippen molar-refractivity contribution in [1.82, 2.24) is 10.6 Å². The van der Waals surface area contributed by atoms with E-state index in [4.69, 9.17) is 9.47 Å². The van der Waals surface area contributed by atoms with Gasteiger partial charge in [-0.25, -0.2) is 4.79 Å². The van der Waals surface area contributed by atoms with Crippen LogP contribution < -0.4 is 15.4 Å². The molecule has 0 aliphatic carbocycles. The zero-order valence-corrected chi connectivity index (χ0v) is 10.6. The molecule has 1 fully saturated rings. The van der Waals surface area contributed by atoms with Crippen LogP contribution >= 0.6 is 0 Å². The normalized spacial score (nSPS) is 20.1. The maximum absolute atomic E-state index is 10.9. The minimum atomic E-state index is -0.337. The Hall–Kier alpha value is -1.75. The van der Waals surface area contributed by atoms with Crippen LogP contribution in [0.1, 0.15) is 18.5 Å². The van der Waals surface area contributed by atoms with E-state index in [2.05, 4.69) is 17.6 Å². The van der Waals surface area contributed by atoms with Crippen LogP contribution in [0.15, 0.2) is 24.3 Å². The molecule has 1 heterocycles. The second-order valence-electron chi connectivity index (χ2n) is 4.31. The topological polar surface area (TPSA) is 59.6 Å². The number of ether oxygens (including phenoxy) is 2. The quantitative estimate of drug-likeness (QED) is 0.830. The number of rotatable bonds is 5. The van der Waals surface area contributed by atoms with Crippen molar-refractivity contribution >= 4 is 6.09 Å². The number of carbonyl (C=O) groups excluding carboxylic acids is 1. The predicted molar refractivity (Wildman–Crippen MR) is 67.7 cm³/mol. The first kappa shape index (κ1) is 12.7. The van der Waals surface area contributed by atoms with Crippen molar-refractivity contribution in [3.05, 3.63) is 29.8 Å². The summed E-state index contributed by atoms with van der Waals surface area (Å²) < 4.78 is 10.2.